The molecule has 0 bridgehead atoms. The predicted octanol–water partition coefficient (Wildman–Crippen LogP) is -0.578. The molecule has 0 unspecified atom stereocenters. The Morgan fingerprint density at radius 1 is 1.53 bits per heavy atom. The third-order valence-electron chi connectivity index (χ3n) is 1.76. The number of nitro groups is 1. The van der Waals surface area contributed by atoms with E-state index in [-0.39, 0.29) is 0 Å². The molecular formula is C7H7BFNO5. The number of rotatable bonds is 3. The lowest BCUT2D eigenvalue weighted by Gasteiger charge is -2.06. The van der Waals surface area contributed by atoms with Crippen LogP contribution >= 0.6 is 0 Å². The zero-order chi connectivity index (χ0) is 11.6. The number of benzene rings is 1. The van der Waals surface area contributed by atoms with Gasteiger partial charge in [0.25, 0.3) is 5.69 Å². The molecule has 8 heteroatoms. The maximum atomic E-state index is 13.3. The number of hydrogen-bond donors (Lipinski definition) is 2. The van der Waals surface area contributed by atoms with Crippen LogP contribution in [0.25, 0.3) is 0 Å². The summed E-state index contributed by atoms with van der Waals surface area (Å²) in [6.07, 6.45) is 0. The summed E-state index contributed by atoms with van der Waals surface area (Å²) in [6.45, 7) is 0. The van der Waals surface area contributed by atoms with E-state index in [1.54, 1.807) is 0 Å². The van der Waals surface area contributed by atoms with Crippen LogP contribution in [0.4, 0.5) is 10.1 Å². The van der Waals surface area contributed by atoms with Crippen LogP contribution in [0, 0.1) is 15.9 Å². The molecule has 15 heavy (non-hydrogen) atoms. The van der Waals surface area contributed by atoms with Crippen LogP contribution in [0.5, 0.6) is 5.75 Å². The van der Waals surface area contributed by atoms with E-state index in [9.17, 15) is 14.5 Å². The van der Waals surface area contributed by atoms with Gasteiger partial charge in [0.15, 0.2) is 11.6 Å². The Morgan fingerprint density at radius 2 is 2.13 bits per heavy atom. The SMILES string of the molecule is COc1cc([N+](=O)[O-])cc(B(O)O)c1F. The van der Waals surface area contributed by atoms with E-state index < -0.39 is 34.8 Å². The Morgan fingerprint density at radius 3 is 2.53 bits per heavy atom. The molecule has 0 aliphatic rings. The van der Waals surface area contributed by atoms with E-state index in [1.807, 2.05) is 0 Å². The lowest BCUT2D eigenvalue weighted by Crippen LogP contribution is -2.33. The van der Waals surface area contributed by atoms with Gasteiger partial charge in [-0.3, -0.25) is 10.1 Å². The van der Waals surface area contributed by atoms with Crippen molar-refractivity contribution < 1.29 is 24.1 Å². The first-order valence-corrected chi connectivity index (χ1v) is 3.85. The zero-order valence-electron chi connectivity index (χ0n) is 7.68. The first kappa shape index (κ1) is 11.4. The van der Waals surface area contributed by atoms with Crippen LogP contribution in [0.3, 0.4) is 0 Å². The molecule has 0 atom stereocenters. The summed E-state index contributed by atoms with van der Waals surface area (Å²) in [7, 11) is -1.01. The summed E-state index contributed by atoms with van der Waals surface area (Å²) in [4.78, 5) is 9.64. The molecule has 0 aliphatic heterocycles. The molecule has 80 valence electrons. The van der Waals surface area contributed by atoms with Crippen LogP contribution < -0.4 is 10.2 Å². The molecule has 0 heterocycles. The van der Waals surface area contributed by atoms with Gasteiger partial charge in [-0.05, 0) is 0 Å². The van der Waals surface area contributed by atoms with Crippen LogP contribution in [0.15, 0.2) is 12.1 Å². The summed E-state index contributed by atoms with van der Waals surface area (Å²) in [5.41, 5.74) is -1.07. The van der Waals surface area contributed by atoms with E-state index >= 15 is 0 Å². The largest absolute Gasteiger partial charge is 0.493 e. The van der Waals surface area contributed by atoms with Crippen LogP contribution in [-0.4, -0.2) is 29.2 Å². The first-order chi connectivity index (χ1) is 6.97. The van der Waals surface area contributed by atoms with Gasteiger partial charge in [0.2, 0.25) is 0 Å². The van der Waals surface area contributed by atoms with Crippen molar-refractivity contribution in [1.29, 1.82) is 0 Å². The van der Waals surface area contributed by atoms with Crippen molar-refractivity contribution >= 4 is 18.3 Å². The van der Waals surface area contributed by atoms with Gasteiger partial charge in [0.05, 0.1) is 18.1 Å². The maximum Gasteiger partial charge on any atom is 0.491 e. The highest BCUT2D eigenvalue weighted by Crippen LogP contribution is 2.21. The van der Waals surface area contributed by atoms with Gasteiger partial charge in [0.1, 0.15) is 0 Å². The van der Waals surface area contributed by atoms with E-state index in [2.05, 4.69) is 4.74 Å². The molecule has 0 fully saturated rings. The van der Waals surface area contributed by atoms with Gasteiger partial charge < -0.3 is 14.8 Å². The van der Waals surface area contributed by atoms with Gasteiger partial charge >= 0.3 is 7.12 Å². The molecule has 2 N–H and O–H groups in total. The van der Waals surface area contributed by atoms with Crippen molar-refractivity contribution in [3.05, 3.63) is 28.1 Å². The molecule has 0 aromatic heterocycles. The quantitative estimate of drug-likeness (QED) is 0.399. The number of hydrogen-bond acceptors (Lipinski definition) is 5. The van der Waals surface area contributed by atoms with Crippen LogP contribution in [0.2, 0.25) is 0 Å². The summed E-state index contributed by atoms with van der Waals surface area (Å²) >= 11 is 0. The molecule has 0 saturated carbocycles. The second-order valence-corrected chi connectivity index (χ2v) is 2.68. The Kier molecular flexibility index (Phi) is 3.22. The van der Waals surface area contributed by atoms with Crippen molar-refractivity contribution in [2.45, 2.75) is 0 Å². The Hall–Kier alpha value is -1.67. The number of halogens is 1. The number of nitrogens with zero attached hydrogens (tertiary/aromatic N) is 1. The van der Waals surface area contributed by atoms with Gasteiger partial charge in [-0.2, -0.15) is 0 Å². The number of methoxy groups -OCH3 is 1. The molecule has 1 aromatic rings. The van der Waals surface area contributed by atoms with E-state index in [0.717, 1.165) is 19.2 Å². The maximum absolute atomic E-state index is 13.3. The Labute approximate surface area is 84.2 Å². The predicted molar refractivity (Wildman–Crippen MR) is 49.4 cm³/mol. The highest BCUT2D eigenvalue weighted by molar-refractivity contribution is 6.58. The molecule has 0 saturated heterocycles. The Bertz CT molecular complexity index is 397. The van der Waals surface area contributed by atoms with Crippen molar-refractivity contribution in [3.63, 3.8) is 0 Å². The second kappa shape index (κ2) is 4.24. The molecule has 6 nitrogen and oxygen atoms in total. The van der Waals surface area contributed by atoms with Crippen molar-refractivity contribution in [2.24, 2.45) is 0 Å². The summed E-state index contributed by atoms with van der Waals surface area (Å²) in [5.74, 6) is -1.44. The smallest absolute Gasteiger partial charge is 0.491 e. The van der Waals surface area contributed by atoms with Gasteiger partial charge in [0, 0.05) is 11.5 Å². The highest BCUT2D eigenvalue weighted by atomic mass is 19.1. The van der Waals surface area contributed by atoms with Crippen molar-refractivity contribution in [1.82, 2.24) is 0 Å². The second-order valence-electron chi connectivity index (χ2n) is 2.68. The number of non-ortho nitro benzene ring substituents is 1. The molecule has 1 aromatic carbocycles. The molecule has 1 rings (SSSR count). The minimum absolute atomic E-state index is 0.410. The number of ether oxygens (including phenoxy) is 1. The fourth-order valence-electron chi connectivity index (χ4n) is 1.05. The summed E-state index contributed by atoms with van der Waals surface area (Å²) in [6, 6.07) is 1.60. The van der Waals surface area contributed by atoms with E-state index in [1.165, 1.54) is 0 Å². The lowest BCUT2D eigenvalue weighted by atomic mass is 9.79. The number of nitro benzene ring substituents is 1. The lowest BCUT2D eigenvalue weighted by molar-refractivity contribution is -0.384. The molecule has 0 spiro atoms. The minimum Gasteiger partial charge on any atom is -0.493 e. The summed E-state index contributed by atoms with van der Waals surface area (Å²) < 4.78 is 17.8. The topological polar surface area (TPSA) is 92.8 Å². The molecule has 0 radical (unpaired) electrons. The standard InChI is InChI=1S/C7H7BFNO5/c1-15-6-3-4(10(13)14)2-5(7(6)9)8(11)12/h2-3,11-12H,1H3. The fraction of sp³-hybridized carbons (Fsp3) is 0.143. The third kappa shape index (κ3) is 2.22. The van der Waals surface area contributed by atoms with Gasteiger partial charge in [-0.1, -0.05) is 0 Å². The molecular weight excluding hydrogens is 208 g/mol. The van der Waals surface area contributed by atoms with E-state index in [4.69, 9.17) is 10.0 Å². The van der Waals surface area contributed by atoms with Gasteiger partial charge in [-0.15, -0.1) is 0 Å². The van der Waals surface area contributed by atoms with Crippen molar-refractivity contribution in [3.8, 4) is 5.75 Å². The van der Waals surface area contributed by atoms with Crippen LogP contribution in [-0.2, 0) is 0 Å². The average molecular weight is 215 g/mol. The summed E-state index contributed by atoms with van der Waals surface area (Å²) in [5, 5.41) is 28.0. The fourth-order valence-corrected chi connectivity index (χ4v) is 1.05. The minimum atomic E-state index is -2.13. The Balaban J connectivity index is 3.38. The third-order valence-corrected chi connectivity index (χ3v) is 1.76. The highest BCUT2D eigenvalue weighted by Gasteiger charge is 2.24. The first-order valence-electron chi connectivity index (χ1n) is 3.85. The van der Waals surface area contributed by atoms with Gasteiger partial charge in [-0.25, -0.2) is 4.39 Å². The average Bonchev–Trinajstić information content (AvgIpc) is 2.17. The van der Waals surface area contributed by atoms with Crippen molar-refractivity contribution in [2.75, 3.05) is 7.11 Å². The van der Waals surface area contributed by atoms with Crippen LogP contribution in [0.1, 0.15) is 0 Å². The van der Waals surface area contributed by atoms with E-state index in [0.29, 0.717) is 0 Å². The zero-order valence-corrected chi connectivity index (χ0v) is 7.68. The molecule has 0 amide bonds. The normalized spacial score (nSPS) is 9.87. The molecule has 0 aliphatic carbocycles. The monoisotopic (exact) mass is 215 g/mol.